The predicted molar refractivity (Wildman–Crippen MR) is 88.0 cm³/mol. The lowest BCUT2D eigenvalue weighted by Crippen LogP contribution is -2.08. The molecule has 25 heavy (non-hydrogen) atoms. The Balaban J connectivity index is 2.07. The van der Waals surface area contributed by atoms with E-state index in [1.165, 1.54) is 0 Å². The first-order valence-electron chi connectivity index (χ1n) is 7.34. The van der Waals surface area contributed by atoms with Gasteiger partial charge in [0.05, 0.1) is 17.6 Å². The Morgan fingerprint density at radius 3 is 2.60 bits per heavy atom. The molecule has 1 heterocycles. The molecule has 8 nitrogen and oxygen atoms in total. The number of nitriles is 1. The highest BCUT2D eigenvalue weighted by Gasteiger charge is 2.14. The molecule has 128 valence electrons. The van der Waals surface area contributed by atoms with Crippen molar-refractivity contribution in [3.05, 3.63) is 48.0 Å². The fourth-order valence-corrected chi connectivity index (χ4v) is 1.91. The van der Waals surface area contributed by atoms with Crippen LogP contribution in [-0.4, -0.2) is 40.2 Å². The fraction of sp³-hybridized carbons (Fsp3) is 0.176. The van der Waals surface area contributed by atoms with E-state index >= 15 is 0 Å². The molecule has 2 aromatic rings. The highest BCUT2D eigenvalue weighted by Crippen LogP contribution is 2.18. The van der Waals surface area contributed by atoms with Crippen molar-refractivity contribution in [2.45, 2.75) is 6.92 Å². The number of ether oxygens (including phenoxy) is 2. The molecular formula is C17H15N3O5. The number of hydrogen-bond donors (Lipinski definition) is 2. The van der Waals surface area contributed by atoms with Gasteiger partial charge in [0.1, 0.15) is 18.2 Å². The number of imidazole rings is 1. The molecule has 0 aliphatic heterocycles. The van der Waals surface area contributed by atoms with Gasteiger partial charge in [-0.05, 0) is 19.1 Å². The van der Waals surface area contributed by atoms with Crippen molar-refractivity contribution in [3.63, 3.8) is 0 Å². The van der Waals surface area contributed by atoms with Crippen LogP contribution < -0.4 is 0 Å². The molecule has 0 fully saturated rings. The highest BCUT2D eigenvalue weighted by atomic mass is 16.5. The zero-order valence-corrected chi connectivity index (χ0v) is 13.4. The maximum atomic E-state index is 11.5. The van der Waals surface area contributed by atoms with Gasteiger partial charge in [0.2, 0.25) is 0 Å². The van der Waals surface area contributed by atoms with Crippen LogP contribution in [0.5, 0.6) is 0 Å². The molecule has 0 spiro atoms. The van der Waals surface area contributed by atoms with Gasteiger partial charge < -0.3 is 19.6 Å². The zero-order chi connectivity index (χ0) is 18.2. The largest absolute Gasteiger partial charge is 0.507 e. The van der Waals surface area contributed by atoms with Crippen LogP contribution in [0.25, 0.3) is 16.6 Å². The molecule has 0 aliphatic carbocycles. The Morgan fingerprint density at radius 1 is 1.28 bits per heavy atom. The van der Waals surface area contributed by atoms with Crippen molar-refractivity contribution in [3.8, 4) is 6.07 Å². The quantitative estimate of drug-likeness (QED) is 0.356. The number of esters is 2. The minimum absolute atomic E-state index is 0.140. The number of aromatic amines is 1. The van der Waals surface area contributed by atoms with Gasteiger partial charge in [0.25, 0.3) is 0 Å². The summed E-state index contributed by atoms with van der Waals surface area (Å²) in [4.78, 5) is 29.7. The van der Waals surface area contributed by atoms with Gasteiger partial charge in [-0.25, -0.2) is 14.6 Å². The van der Waals surface area contributed by atoms with E-state index in [1.807, 2.05) is 6.07 Å². The third kappa shape index (κ3) is 4.68. The number of hydrogen-bond acceptors (Lipinski definition) is 7. The number of carbonyl (C=O) groups excluding carboxylic acids is 2. The third-order valence-corrected chi connectivity index (χ3v) is 3.02. The SMILES string of the molecule is CCOC(=O)C=CC(=O)OCC(O)=C(C#N)c1nc2ccccc2[nH]1. The molecule has 2 N–H and O–H groups in total. The number of nitrogens with one attached hydrogen (secondary N) is 1. The van der Waals surface area contributed by atoms with Crippen molar-refractivity contribution < 1.29 is 24.2 Å². The molecule has 0 aliphatic rings. The summed E-state index contributed by atoms with van der Waals surface area (Å²) in [5, 5.41) is 19.2. The maximum Gasteiger partial charge on any atom is 0.331 e. The second-order valence-electron chi connectivity index (χ2n) is 4.73. The van der Waals surface area contributed by atoms with Gasteiger partial charge in [0.15, 0.2) is 11.6 Å². The molecule has 0 saturated heterocycles. The molecule has 8 heteroatoms. The van der Waals surface area contributed by atoms with Crippen LogP contribution in [0.3, 0.4) is 0 Å². The van der Waals surface area contributed by atoms with E-state index < -0.39 is 24.3 Å². The van der Waals surface area contributed by atoms with Gasteiger partial charge in [-0.15, -0.1) is 0 Å². The molecule has 0 saturated carbocycles. The fourth-order valence-electron chi connectivity index (χ4n) is 1.91. The van der Waals surface area contributed by atoms with Crippen molar-refractivity contribution in [2.24, 2.45) is 0 Å². The van der Waals surface area contributed by atoms with E-state index in [-0.39, 0.29) is 18.0 Å². The second-order valence-corrected chi connectivity index (χ2v) is 4.73. The summed E-state index contributed by atoms with van der Waals surface area (Å²) in [7, 11) is 0. The van der Waals surface area contributed by atoms with Crippen molar-refractivity contribution in [1.29, 1.82) is 5.26 Å². The average molecular weight is 341 g/mol. The van der Waals surface area contributed by atoms with Crippen LogP contribution in [0.2, 0.25) is 0 Å². The average Bonchev–Trinajstić information content (AvgIpc) is 3.02. The van der Waals surface area contributed by atoms with E-state index in [0.29, 0.717) is 11.0 Å². The molecule has 0 radical (unpaired) electrons. The summed E-state index contributed by atoms with van der Waals surface area (Å²) in [5.41, 5.74) is 1.19. The molecule has 1 aromatic heterocycles. The third-order valence-electron chi connectivity index (χ3n) is 3.02. The summed E-state index contributed by atoms with van der Waals surface area (Å²) in [6.45, 7) is 1.28. The number of carbonyl (C=O) groups is 2. The topological polar surface area (TPSA) is 125 Å². The number of benzene rings is 1. The number of H-pyrrole nitrogens is 1. The number of aliphatic hydroxyl groups is 1. The minimum atomic E-state index is -0.860. The summed E-state index contributed by atoms with van der Waals surface area (Å²) in [6.07, 6.45) is 1.79. The Bertz CT molecular complexity index is 856. The number of fused-ring (bicyclic) bond motifs is 1. The number of aliphatic hydroxyl groups excluding tert-OH is 1. The molecular weight excluding hydrogens is 326 g/mol. The number of aromatic nitrogens is 2. The maximum absolute atomic E-state index is 11.5. The van der Waals surface area contributed by atoms with E-state index in [4.69, 9.17) is 4.74 Å². The van der Waals surface area contributed by atoms with Crippen LogP contribution in [0.4, 0.5) is 0 Å². The van der Waals surface area contributed by atoms with Gasteiger partial charge in [-0.1, -0.05) is 12.1 Å². The molecule has 0 bridgehead atoms. The van der Waals surface area contributed by atoms with E-state index in [1.54, 1.807) is 31.2 Å². The first-order chi connectivity index (χ1) is 12.0. The minimum Gasteiger partial charge on any atom is -0.507 e. The number of nitrogens with zero attached hydrogens (tertiary/aromatic N) is 2. The van der Waals surface area contributed by atoms with Gasteiger partial charge >= 0.3 is 11.9 Å². The standard InChI is InChI=1S/C17H15N3O5/c1-2-24-15(22)7-8-16(23)25-10-14(21)11(9-18)17-19-12-5-3-4-6-13(12)20-17/h3-8,21H,2,10H2,1H3,(H,19,20). The summed E-state index contributed by atoms with van der Waals surface area (Å²) in [5.74, 6) is -1.83. The second kappa shape index (κ2) is 8.31. The van der Waals surface area contributed by atoms with Crippen LogP contribution in [-0.2, 0) is 19.1 Å². The monoisotopic (exact) mass is 341 g/mol. The van der Waals surface area contributed by atoms with E-state index in [2.05, 4.69) is 14.7 Å². The first kappa shape index (κ1) is 17.7. The molecule has 0 atom stereocenters. The highest BCUT2D eigenvalue weighted by molar-refractivity contribution is 5.91. The number of para-hydroxylation sites is 2. The van der Waals surface area contributed by atoms with E-state index in [0.717, 1.165) is 12.2 Å². The predicted octanol–water partition coefficient (Wildman–Crippen LogP) is 2.02. The zero-order valence-electron chi connectivity index (χ0n) is 13.4. The Hall–Kier alpha value is -3.60. The van der Waals surface area contributed by atoms with Crippen LogP contribution >= 0.6 is 0 Å². The summed E-state index contributed by atoms with van der Waals surface area (Å²) >= 11 is 0. The number of allylic oxidation sites excluding steroid dienone is 1. The lowest BCUT2D eigenvalue weighted by molar-refractivity contribution is -0.140. The van der Waals surface area contributed by atoms with Crippen molar-refractivity contribution in [1.82, 2.24) is 9.97 Å². The van der Waals surface area contributed by atoms with Crippen LogP contribution in [0.1, 0.15) is 12.7 Å². The van der Waals surface area contributed by atoms with Crippen LogP contribution in [0, 0.1) is 11.3 Å². The van der Waals surface area contributed by atoms with Crippen molar-refractivity contribution in [2.75, 3.05) is 13.2 Å². The molecule has 2 rings (SSSR count). The first-order valence-corrected chi connectivity index (χ1v) is 7.34. The Kier molecular flexibility index (Phi) is 5.90. The Morgan fingerprint density at radius 2 is 1.96 bits per heavy atom. The molecule has 1 aromatic carbocycles. The Labute approximate surface area is 143 Å². The molecule has 0 unspecified atom stereocenters. The lowest BCUT2D eigenvalue weighted by Gasteiger charge is -2.03. The lowest BCUT2D eigenvalue weighted by atomic mass is 10.2. The van der Waals surface area contributed by atoms with Gasteiger partial charge in [-0.3, -0.25) is 0 Å². The number of rotatable bonds is 6. The van der Waals surface area contributed by atoms with Gasteiger partial charge in [-0.2, -0.15) is 5.26 Å². The van der Waals surface area contributed by atoms with E-state index in [9.17, 15) is 20.0 Å². The normalized spacial score (nSPS) is 11.8. The van der Waals surface area contributed by atoms with Crippen molar-refractivity contribution >= 4 is 28.5 Å². The smallest absolute Gasteiger partial charge is 0.331 e. The summed E-state index contributed by atoms with van der Waals surface area (Å²) < 4.78 is 9.39. The van der Waals surface area contributed by atoms with Crippen LogP contribution in [0.15, 0.2) is 42.2 Å². The summed E-state index contributed by atoms with van der Waals surface area (Å²) in [6, 6.07) is 8.94. The van der Waals surface area contributed by atoms with Gasteiger partial charge in [0, 0.05) is 12.2 Å². The molecule has 0 amide bonds.